The van der Waals surface area contributed by atoms with Crippen LogP contribution in [0.25, 0.3) is 0 Å². The summed E-state index contributed by atoms with van der Waals surface area (Å²) in [5.74, 6) is 0.706. The van der Waals surface area contributed by atoms with Crippen LogP contribution in [-0.2, 0) is 0 Å². The van der Waals surface area contributed by atoms with Gasteiger partial charge in [0.25, 0.3) is 11.7 Å². The van der Waals surface area contributed by atoms with Crippen LogP contribution in [0.2, 0.25) is 0 Å². The molecular weight excluding hydrogens is 226 g/mol. The molecule has 0 fully saturated rings. The predicted octanol–water partition coefficient (Wildman–Crippen LogP) is 0.560. The molecule has 8 nitrogen and oxygen atoms in total. The Kier molecular flexibility index (Phi) is 2.86. The average molecular weight is 237 g/mol. The van der Waals surface area contributed by atoms with Gasteiger partial charge in [0.15, 0.2) is 5.82 Å². The number of aromatic nitrogens is 4. The van der Waals surface area contributed by atoms with Crippen LogP contribution in [0.1, 0.15) is 41.2 Å². The maximum atomic E-state index is 11.7. The summed E-state index contributed by atoms with van der Waals surface area (Å²) in [6, 6.07) is -0.390. The minimum Gasteiger partial charge on any atom is -0.340 e. The van der Waals surface area contributed by atoms with Crippen molar-refractivity contribution in [2.24, 2.45) is 0 Å². The van der Waals surface area contributed by atoms with Gasteiger partial charge in [0.05, 0.1) is 6.04 Å². The van der Waals surface area contributed by atoms with Crippen molar-refractivity contribution in [3.63, 3.8) is 0 Å². The smallest absolute Gasteiger partial charge is 0.293 e. The second-order valence-electron chi connectivity index (χ2n) is 3.50. The molecule has 2 rings (SSSR count). The molecule has 0 aromatic carbocycles. The molecule has 0 radical (unpaired) electrons. The summed E-state index contributed by atoms with van der Waals surface area (Å²) in [6.45, 7) is 5.01. The normalized spacial score (nSPS) is 12.4. The van der Waals surface area contributed by atoms with Gasteiger partial charge in [-0.3, -0.25) is 4.79 Å². The highest BCUT2D eigenvalue weighted by Crippen LogP contribution is 2.08. The van der Waals surface area contributed by atoms with Crippen LogP contribution in [0.3, 0.4) is 0 Å². The van der Waals surface area contributed by atoms with E-state index in [9.17, 15) is 4.79 Å². The Hall–Kier alpha value is -2.25. The average Bonchev–Trinajstić information content (AvgIpc) is 2.87. The lowest BCUT2D eigenvalue weighted by atomic mass is 10.3. The van der Waals surface area contributed by atoms with Crippen molar-refractivity contribution in [1.29, 1.82) is 0 Å². The van der Waals surface area contributed by atoms with E-state index in [2.05, 4.69) is 25.6 Å². The Morgan fingerprint density at radius 1 is 1.18 bits per heavy atom. The fourth-order valence-corrected chi connectivity index (χ4v) is 1.21. The molecule has 1 amide bonds. The number of rotatable bonds is 3. The van der Waals surface area contributed by atoms with E-state index in [0.29, 0.717) is 17.6 Å². The lowest BCUT2D eigenvalue weighted by Gasteiger charge is -2.06. The van der Waals surface area contributed by atoms with Gasteiger partial charge in [-0.2, -0.15) is 9.97 Å². The number of carbonyl (C=O) groups is 1. The second-order valence-corrected chi connectivity index (χ2v) is 3.50. The van der Waals surface area contributed by atoms with Crippen LogP contribution in [0, 0.1) is 13.8 Å². The molecule has 1 unspecified atom stereocenters. The van der Waals surface area contributed by atoms with Crippen LogP contribution < -0.4 is 5.32 Å². The predicted molar refractivity (Wildman–Crippen MR) is 54.0 cm³/mol. The van der Waals surface area contributed by atoms with Crippen LogP contribution in [0.15, 0.2) is 9.05 Å². The van der Waals surface area contributed by atoms with Gasteiger partial charge in [-0.05, 0) is 6.92 Å². The molecule has 90 valence electrons. The van der Waals surface area contributed by atoms with E-state index in [0.717, 1.165) is 0 Å². The topological polar surface area (TPSA) is 107 Å². The summed E-state index contributed by atoms with van der Waals surface area (Å²) in [5, 5.41) is 9.84. The number of hydrogen-bond donors (Lipinski definition) is 1. The Labute approximate surface area is 96.4 Å². The van der Waals surface area contributed by atoms with Gasteiger partial charge in [-0.15, -0.1) is 0 Å². The van der Waals surface area contributed by atoms with Gasteiger partial charge in [0.2, 0.25) is 11.8 Å². The van der Waals surface area contributed by atoms with Crippen LogP contribution in [-0.4, -0.2) is 26.2 Å². The number of carbonyl (C=O) groups excluding carboxylic acids is 1. The number of hydrogen-bond acceptors (Lipinski definition) is 7. The summed E-state index contributed by atoms with van der Waals surface area (Å²) >= 11 is 0. The zero-order chi connectivity index (χ0) is 12.4. The van der Waals surface area contributed by atoms with Crippen LogP contribution in [0.5, 0.6) is 0 Å². The third-order valence-corrected chi connectivity index (χ3v) is 2.01. The summed E-state index contributed by atoms with van der Waals surface area (Å²) in [7, 11) is 0. The highest BCUT2D eigenvalue weighted by molar-refractivity contribution is 5.90. The number of nitrogens with zero attached hydrogens (tertiary/aromatic N) is 4. The molecule has 8 heteroatoms. The van der Waals surface area contributed by atoms with Crippen molar-refractivity contribution in [2.75, 3.05) is 0 Å². The minimum atomic E-state index is -0.447. The summed E-state index contributed by atoms with van der Waals surface area (Å²) in [6.07, 6.45) is 0. The van der Waals surface area contributed by atoms with Crippen molar-refractivity contribution < 1.29 is 13.8 Å². The zero-order valence-electron chi connectivity index (χ0n) is 9.59. The first-order valence-corrected chi connectivity index (χ1v) is 4.97. The highest BCUT2D eigenvalue weighted by atomic mass is 16.5. The summed E-state index contributed by atoms with van der Waals surface area (Å²) < 4.78 is 9.52. The second kappa shape index (κ2) is 4.32. The highest BCUT2D eigenvalue weighted by Gasteiger charge is 2.19. The first kappa shape index (κ1) is 11.2. The van der Waals surface area contributed by atoms with Crippen molar-refractivity contribution in [3.8, 4) is 0 Å². The fourth-order valence-electron chi connectivity index (χ4n) is 1.21. The van der Waals surface area contributed by atoms with E-state index < -0.39 is 11.9 Å². The maximum Gasteiger partial charge on any atom is 0.293 e. The molecule has 2 aromatic rings. The van der Waals surface area contributed by atoms with E-state index in [1.807, 2.05) is 0 Å². The molecule has 0 aliphatic rings. The minimum absolute atomic E-state index is 0.0189. The molecular formula is C9H11N5O3. The lowest BCUT2D eigenvalue weighted by Crippen LogP contribution is -2.28. The van der Waals surface area contributed by atoms with Gasteiger partial charge < -0.3 is 14.4 Å². The Morgan fingerprint density at radius 3 is 2.35 bits per heavy atom. The van der Waals surface area contributed by atoms with Crippen molar-refractivity contribution in [1.82, 2.24) is 25.6 Å². The van der Waals surface area contributed by atoms with E-state index >= 15 is 0 Å². The molecule has 0 aliphatic carbocycles. The van der Waals surface area contributed by atoms with Gasteiger partial charge in [0.1, 0.15) is 0 Å². The van der Waals surface area contributed by atoms with E-state index in [1.54, 1.807) is 20.8 Å². The number of aryl methyl sites for hydroxylation is 2. The fraction of sp³-hybridized carbons (Fsp3) is 0.444. The van der Waals surface area contributed by atoms with E-state index in [-0.39, 0.29) is 5.82 Å². The van der Waals surface area contributed by atoms with Crippen molar-refractivity contribution in [2.45, 2.75) is 26.8 Å². The molecule has 1 atom stereocenters. The Morgan fingerprint density at radius 2 is 1.82 bits per heavy atom. The molecule has 0 spiro atoms. The van der Waals surface area contributed by atoms with Crippen molar-refractivity contribution >= 4 is 5.91 Å². The molecule has 0 aliphatic heterocycles. The standard InChI is InChI=1S/C9H11N5O3/c1-4(7-11-5(2)16-13-7)10-9(15)8-12-6(3)17-14-8/h4H,1-3H3,(H,10,15). The molecule has 0 saturated carbocycles. The first-order valence-electron chi connectivity index (χ1n) is 4.97. The van der Waals surface area contributed by atoms with E-state index in [4.69, 9.17) is 9.05 Å². The van der Waals surface area contributed by atoms with E-state index in [1.165, 1.54) is 0 Å². The third kappa shape index (κ3) is 2.47. The summed E-state index contributed by atoms with van der Waals surface area (Å²) in [5.41, 5.74) is 0. The largest absolute Gasteiger partial charge is 0.340 e. The van der Waals surface area contributed by atoms with Gasteiger partial charge in [-0.25, -0.2) is 0 Å². The monoisotopic (exact) mass is 237 g/mol. The zero-order valence-corrected chi connectivity index (χ0v) is 9.59. The quantitative estimate of drug-likeness (QED) is 0.830. The number of amides is 1. The van der Waals surface area contributed by atoms with Crippen molar-refractivity contribution in [3.05, 3.63) is 23.4 Å². The van der Waals surface area contributed by atoms with Gasteiger partial charge in [0, 0.05) is 13.8 Å². The van der Waals surface area contributed by atoms with Crippen LogP contribution >= 0.6 is 0 Å². The molecule has 0 bridgehead atoms. The lowest BCUT2D eigenvalue weighted by molar-refractivity contribution is 0.0924. The number of nitrogens with one attached hydrogen (secondary N) is 1. The van der Waals surface area contributed by atoms with Crippen LogP contribution in [0.4, 0.5) is 0 Å². The first-order chi connectivity index (χ1) is 8.06. The van der Waals surface area contributed by atoms with Gasteiger partial charge >= 0.3 is 0 Å². The van der Waals surface area contributed by atoms with Gasteiger partial charge in [-0.1, -0.05) is 10.3 Å². The molecule has 1 N–H and O–H groups in total. The Balaban J connectivity index is 2.04. The molecule has 2 aromatic heterocycles. The molecule has 17 heavy (non-hydrogen) atoms. The summed E-state index contributed by atoms with van der Waals surface area (Å²) in [4.78, 5) is 19.5. The third-order valence-electron chi connectivity index (χ3n) is 2.01. The Bertz CT molecular complexity index is 532. The molecule has 2 heterocycles. The SMILES string of the molecule is Cc1nc(C(=O)NC(C)c2noc(C)n2)no1. The maximum absolute atomic E-state index is 11.7. The molecule has 0 saturated heterocycles.